The quantitative estimate of drug-likeness (QED) is 0.789. The maximum Gasteiger partial charge on any atom is 0.0343 e. The Kier molecular flexibility index (Phi) is 5.01. The van der Waals surface area contributed by atoms with Crippen molar-refractivity contribution >= 4 is 0 Å². The molecule has 1 heteroatoms. The third-order valence-corrected chi connectivity index (χ3v) is 2.88. The van der Waals surface area contributed by atoms with Gasteiger partial charge in [0.15, 0.2) is 0 Å². The molecule has 0 spiro atoms. The van der Waals surface area contributed by atoms with Crippen molar-refractivity contribution in [3.05, 3.63) is 34.9 Å². The van der Waals surface area contributed by atoms with E-state index in [2.05, 4.69) is 58.1 Å². The molecule has 0 radical (unpaired) electrons. The second-order valence-electron chi connectivity index (χ2n) is 5.10. The van der Waals surface area contributed by atoms with Gasteiger partial charge in [0, 0.05) is 6.04 Å². The summed E-state index contributed by atoms with van der Waals surface area (Å²) in [5, 5.41) is 3.64. The highest BCUT2D eigenvalue weighted by Crippen LogP contribution is 2.23. The SMILES string of the molecule is CCCNC(c1cc(C)cc(C)c1)C(C)C. The molecule has 1 N–H and O–H groups in total. The fourth-order valence-corrected chi connectivity index (χ4v) is 2.23. The zero-order valence-electron chi connectivity index (χ0n) is 11.3. The summed E-state index contributed by atoms with van der Waals surface area (Å²) in [4.78, 5) is 0. The summed E-state index contributed by atoms with van der Waals surface area (Å²) < 4.78 is 0. The van der Waals surface area contributed by atoms with Crippen LogP contribution in [0.5, 0.6) is 0 Å². The normalized spacial score (nSPS) is 13.1. The van der Waals surface area contributed by atoms with Crippen molar-refractivity contribution in [1.29, 1.82) is 0 Å². The van der Waals surface area contributed by atoms with E-state index in [0.717, 1.165) is 6.54 Å². The van der Waals surface area contributed by atoms with Crippen molar-refractivity contribution in [2.45, 2.75) is 47.1 Å². The molecule has 0 fully saturated rings. The molecule has 16 heavy (non-hydrogen) atoms. The van der Waals surface area contributed by atoms with Crippen LogP contribution < -0.4 is 5.32 Å². The summed E-state index contributed by atoms with van der Waals surface area (Å²) >= 11 is 0. The van der Waals surface area contributed by atoms with Gasteiger partial charge in [-0.2, -0.15) is 0 Å². The van der Waals surface area contributed by atoms with Crippen molar-refractivity contribution < 1.29 is 0 Å². The second kappa shape index (κ2) is 6.05. The van der Waals surface area contributed by atoms with E-state index in [4.69, 9.17) is 0 Å². The van der Waals surface area contributed by atoms with E-state index >= 15 is 0 Å². The Morgan fingerprint density at radius 1 is 1.06 bits per heavy atom. The Morgan fingerprint density at radius 3 is 2.06 bits per heavy atom. The Hall–Kier alpha value is -0.820. The van der Waals surface area contributed by atoms with Crippen LogP contribution in [0, 0.1) is 19.8 Å². The highest BCUT2D eigenvalue weighted by molar-refractivity contribution is 5.30. The number of hydrogen-bond acceptors (Lipinski definition) is 1. The van der Waals surface area contributed by atoms with Gasteiger partial charge in [0.25, 0.3) is 0 Å². The number of nitrogens with one attached hydrogen (secondary N) is 1. The molecule has 90 valence electrons. The minimum absolute atomic E-state index is 0.485. The van der Waals surface area contributed by atoms with Crippen molar-refractivity contribution in [2.24, 2.45) is 5.92 Å². The van der Waals surface area contributed by atoms with Gasteiger partial charge >= 0.3 is 0 Å². The topological polar surface area (TPSA) is 12.0 Å². The number of aryl methyl sites for hydroxylation is 2. The first-order valence-electron chi connectivity index (χ1n) is 6.36. The maximum absolute atomic E-state index is 3.64. The third kappa shape index (κ3) is 3.64. The summed E-state index contributed by atoms with van der Waals surface area (Å²) in [7, 11) is 0. The molecule has 1 rings (SSSR count). The molecule has 1 unspecified atom stereocenters. The van der Waals surface area contributed by atoms with E-state index in [0.29, 0.717) is 12.0 Å². The molecule has 0 aliphatic heterocycles. The zero-order chi connectivity index (χ0) is 12.1. The molecule has 0 aliphatic carbocycles. The largest absolute Gasteiger partial charge is 0.310 e. The van der Waals surface area contributed by atoms with Crippen molar-refractivity contribution in [3.8, 4) is 0 Å². The molecular formula is C15H25N. The van der Waals surface area contributed by atoms with Gasteiger partial charge in [-0.15, -0.1) is 0 Å². The average molecular weight is 219 g/mol. The monoisotopic (exact) mass is 219 g/mol. The Balaban J connectivity index is 2.91. The second-order valence-corrected chi connectivity index (χ2v) is 5.10. The first-order valence-corrected chi connectivity index (χ1v) is 6.36. The number of hydrogen-bond donors (Lipinski definition) is 1. The van der Waals surface area contributed by atoms with Gasteiger partial charge in [0.2, 0.25) is 0 Å². The summed E-state index contributed by atoms with van der Waals surface area (Å²) in [5.41, 5.74) is 4.15. The fraction of sp³-hybridized carbons (Fsp3) is 0.600. The van der Waals surface area contributed by atoms with E-state index in [-0.39, 0.29) is 0 Å². The lowest BCUT2D eigenvalue weighted by Crippen LogP contribution is -2.26. The predicted octanol–water partition coefficient (Wildman–Crippen LogP) is 4.00. The van der Waals surface area contributed by atoms with E-state index in [9.17, 15) is 0 Å². The molecule has 0 saturated carbocycles. The molecule has 0 aromatic heterocycles. The van der Waals surface area contributed by atoms with E-state index in [1.165, 1.54) is 23.1 Å². The van der Waals surface area contributed by atoms with Gasteiger partial charge in [-0.3, -0.25) is 0 Å². The molecule has 0 aliphatic rings. The van der Waals surface area contributed by atoms with Crippen molar-refractivity contribution in [3.63, 3.8) is 0 Å². The maximum atomic E-state index is 3.64. The van der Waals surface area contributed by atoms with Crippen LogP contribution in [0.1, 0.15) is 49.9 Å². The van der Waals surface area contributed by atoms with Crippen LogP contribution in [-0.2, 0) is 0 Å². The van der Waals surface area contributed by atoms with Crippen LogP contribution in [0.15, 0.2) is 18.2 Å². The minimum Gasteiger partial charge on any atom is -0.310 e. The fourth-order valence-electron chi connectivity index (χ4n) is 2.23. The third-order valence-electron chi connectivity index (χ3n) is 2.88. The minimum atomic E-state index is 0.485. The first-order chi connectivity index (χ1) is 7.54. The highest BCUT2D eigenvalue weighted by Gasteiger charge is 2.14. The average Bonchev–Trinajstić information content (AvgIpc) is 2.16. The van der Waals surface area contributed by atoms with Crippen LogP contribution in [-0.4, -0.2) is 6.54 Å². The molecule has 1 aromatic rings. The Morgan fingerprint density at radius 2 is 1.62 bits per heavy atom. The Labute approximate surface area is 100 Å². The molecule has 0 saturated heterocycles. The van der Waals surface area contributed by atoms with Crippen molar-refractivity contribution in [1.82, 2.24) is 5.32 Å². The van der Waals surface area contributed by atoms with E-state index < -0.39 is 0 Å². The molecular weight excluding hydrogens is 194 g/mol. The van der Waals surface area contributed by atoms with Gasteiger partial charge in [0.05, 0.1) is 0 Å². The standard InChI is InChI=1S/C15H25N/c1-6-7-16-15(11(2)3)14-9-12(4)8-13(5)10-14/h8-11,15-16H,6-7H2,1-5H3. The van der Waals surface area contributed by atoms with Crippen molar-refractivity contribution in [2.75, 3.05) is 6.54 Å². The molecule has 0 heterocycles. The molecule has 0 bridgehead atoms. The van der Waals surface area contributed by atoms with Gasteiger partial charge in [0.1, 0.15) is 0 Å². The van der Waals surface area contributed by atoms with E-state index in [1.54, 1.807) is 0 Å². The van der Waals surface area contributed by atoms with Crippen LogP contribution in [0.2, 0.25) is 0 Å². The molecule has 1 atom stereocenters. The first kappa shape index (κ1) is 13.2. The molecule has 0 amide bonds. The predicted molar refractivity (Wildman–Crippen MR) is 71.8 cm³/mol. The van der Waals surface area contributed by atoms with E-state index in [1.807, 2.05) is 0 Å². The molecule has 1 nitrogen and oxygen atoms in total. The highest BCUT2D eigenvalue weighted by atomic mass is 14.9. The van der Waals surface area contributed by atoms with Crippen LogP contribution in [0.4, 0.5) is 0 Å². The lowest BCUT2D eigenvalue weighted by molar-refractivity contribution is 0.412. The zero-order valence-corrected chi connectivity index (χ0v) is 11.3. The van der Waals surface area contributed by atoms with Crippen LogP contribution in [0.25, 0.3) is 0 Å². The summed E-state index contributed by atoms with van der Waals surface area (Å²) in [6.07, 6.45) is 1.19. The van der Waals surface area contributed by atoms with Gasteiger partial charge in [-0.25, -0.2) is 0 Å². The van der Waals surface area contributed by atoms with Crippen LogP contribution >= 0.6 is 0 Å². The summed E-state index contributed by atoms with van der Waals surface area (Å²) in [6.45, 7) is 12.2. The lowest BCUT2D eigenvalue weighted by Gasteiger charge is -2.23. The smallest absolute Gasteiger partial charge is 0.0343 e. The Bertz CT molecular complexity index is 308. The summed E-state index contributed by atoms with van der Waals surface area (Å²) in [6, 6.07) is 7.33. The van der Waals surface area contributed by atoms with Gasteiger partial charge in [-0.1, -0.05) is 50.1 Å². The van der Waals surface area contributed by atoms with Gasteiger partial charge < -0.3 is 5.32 Å². The van der Waals surface area contributed by atoms with Gasteiger partial charge in [-0.05, 0) is 38.3 Å². The molecule has 1 aromatic carbocycles. The summed E-state index contributed by atoms with van der Waals surface area (Å²) in [5.74, 6) is 0.632. The van der Waals surface area contributed by atoms with Crippen LogP contribution in [0.3, 0.4) is 0 Å². The number of benzene rings is 1. The number of rotatable bonds is 5. The lowest BCUT2D eigenvalue weighted by atomic mass is 9.93.